The molecule has 7 rings (SSSR count). The number of hydrogen-bond acceptors (Lipinski definition) is 8. The summed E-state index contributed by atoms with van der Waals surface area (Å²) in [5, 5.41) is 0. The first-order valence-corrected chi connectivity index (χ1v) is 18.2. The molecule has 2 heterocycles. The molecule has 0 saturated carbocycles. The molecule has 0 bridgehead atoms. The number of unbranched alkanes of at least 4 members (excludes halogenated alkanes) is 1. The molecule has 0 aromatic heterocycles. The van der Waals surface area contributed by atoms with Crippen LogP contribution in [0.3, 0.4) is 0 Å². The van der Waals surface area contributed by atoms with Crippen LogP contribution in [0.1, 0.15) is 72.0 Å². The summed E-state index contributed by atoms with van der Waals surface area (Å²) in [4.78, 5) is 18.3. The summed E-state index contributed by atoms with van der Waals surface area (Å²) in [7, 11) is 5.00. The van der Waals surface area contributed by atoms with E-state index in [0.717, 1.165) is 82.6 Å². The third-order valence-corrected chi connectivity index (χ3v) is 10.00. The molecule has 5 aromatic rings. The van der Waals surface area contributed by atoms with Crippen molar-refractivity contribution in [2.45, 2.75) is 44.9 Å². The SMILES string of the molecule is CCCCOC(=O)c1ccccc1C1c2ccc(N3CCCCC3)cc2Oc2cc(OC)c(N(c3ccc(OC)cc3)c3ccc(OC)cc3)cc21. The quantitative estimate of drug-likeness (QED) is 0.0924. The van der Waals surface area contributed by atoms with Crippen molar-refractivity contribution in [3.05, 3.63) is 125 Å². The Hall–Kier alpha value is -5.63. The van der Waals surface area contributed by atoms with Crippen LogP contribution in [0, 0.1) is 0 Å². The number of methoxy groups -OCH3 is 3. The minimum Gasteiger partial charge on any atom is -0.497 e. The van der Waals surface area contributed by atoms with Crippen molar-refractivity contribution in [3.63, 3.8) is 0 Å². The van der Waals surface area contributed by atoms with Crippen molar-refractivity contribution in [1.29, 1.82) is 0 Å². The summed E-state index contributed by atoms with van der Waals surface area (Å²) in [5.74, 6) is 2.93. The lowest BCUT2D eigenvalue weighted by molar-refractivity contribution is 0.0498. The number of hydrogen-bond donors (Lipinski definition) is 0. The summed E-state index contributed by atoms with van der Waals surface area (Å²) < 4.78 is 29.7. The van der Waals surface area contributed by atoms with Gasteiger partial charge in [-0.1, -0.05) is 37.6 Å². The highest BCUT2D eigenvalue weighted by Crippen LogP contribution is 2.53. The van der Waals surface area contributed by atoms with Gasteiger partial charge in [0.05, 0.1) is 39.2 Å². The molecule has 5 aromatic carbocycles. The number of carbonyl (C=O) groups excluding carboxylic acids is 1. The number of nitrogens with zero attached hydrogens (tertiary/aromatic N) is 2. The average Bonchev–Trinajstić information content (AvgIpc) is 3.20. The summed E-state index contributed by atoms with van der Waals surface area (Å²) >= 11 is 0. The normalized spacial score (nSPS) is 14.8. The van der Waals surface area contributed by atoms with E-state index in [4.69, 9.17) is 23.7 Å². The third-order valence-electron chi connectivity index (χ3n) is 10.00. The average molecular weight is 699 g/mol. The van der Waals surface area contributed by atoms with E-state index in [9.17, 15) is 4.79 Å². The molecular formula is C44H46N2O6. The van der Waals surface area contributed by atoms with E-state index in [-0.39, 0.29) is 11.9 Å². The second-order valence-electron chi connectivity index (χ2n) is 13.2. The van der Waals surface area contributed by atoms with Crippen LogP contribution in [-0.2, 0) is 4.74 Å². The van der Waals surface area contributed by atoms with Crippen molar-refractivity contribution in [3.8, 4) is 28.7 Å². The summed E-state index contributed by atoms with van der Waals surface area (Å²) in [6, 6.07) is 34.3. The van der Waals surface area contributed by atoms with Crippen molar-refractivity contribution in [1.82, 2.24) is 0 Å². The highest BCUT2D eigenvalue weighted by Gasteiger charge is 2.34. The molecule has 1 fully saturated rings. The van der Waals surface area contributed by atoms with Gasteiger partial charge in [0.15, 0.2) is 0 Å². The van der Waals surface area contributed by atoms with Gasteiger partial charge in [0, 0.05) is 59.3 Å². The van der Waals surface area contributed by atoms with Gasteiger partial charge in [-0.05, 0) is 98.0 Å². The van der Waals surface area contributed by atoms with Gasteiger partial charge >= 0.3 is 5.97 Å². The van der Waals surface area contributed by atoms with Crippen LogP contribution >= 0.6 is 0 Å². The minimum atomic E-state index is -0.331. The molecule has 8 nitrogen and oxygen atoms in total. The molecule has 0 aliphatic carbocycles. The number of esters is 1. The highest BCUT2D eigenvalue weighted by atomic mass is 16.5. The van der Waals surface area contributed by atoms with Crippen LogP contribution in [-0.4, -0.2) is 47.0 Å². The number of fused-ring (bicyclic) bond motifs is 2. The number of anilines is 4. The van der Waals surface area contributed by atoms with Gasteiger partial charge in [0.25, 0.3) is 0 Å². The highest BCUT2D eigenvalue weighted by molar-refractivity contribution is 5.92. The number of piperidine rings is 1. The van der Waals surface area contributed by atoms with Crippen molar-refractivity contribution in [2.75, 3.05) is 50.8 Å². The first-order chi connectivity index (χ1) is 25.5. The second-order valence-corrected chi connectivity index (χ2v) is 13.2. The fraction of sp³-hybridized carbons (Fsp3) is 0.295. The van der Waals surface area contributed by atoms with E-state index < -0.39 is 0 Å². The molecule has 52 heavy (non-hydrogen) atoms. The Morgan fingerprint density at radius 3 is 2.02 bits per heavy atom. The van der Waals surface area contributed by atoms with E-state index >= 15 is 0 Å². The molecule has 0 N–H and O–H groups in total. The van der Waals surface area contributed by atoms with Crippen LogP contribution in [0.2, 0.25) is 0 Å². The Balaban J connectivity index is 1.42. The fourth-order valence-corrected chi connectivity index (χ4v) is 7.25. The minimum absolute atomic E-state index is 0.324. The molecule has 2 aliphatic heterocycles. The van der Waals surface area contributed by atoms with Crippen LogP contribution in [0.25, 0.3) is 0 Å². The van der Waals surface area contributed by atoms with Gasteiger partial charge in [-0.15, -0.1) is 0 Å². The third kappa shape index (κ3) is 6.98. The molecule has 1 atom stereocenters. The molecule has 1 unspecified atom stereocenters. The molecule has 2 aliphatic rings. The standard InChI is InChI=1S/C44H46N2O6/c1-5-6-26-51-44(47)36-13-9-8-12-35(36)43-37-23-18-32(45-24-10-7-11-25-45)27-40(37)52-41-29-42(50-4)39(28-38(41)43)46(30-14-19-33(48-2)20-15-30)31-16-21-34(49-3)22-17-31/h8-9,12-23,27-29,43H,5-7,10-11,24-26H2,1-4H3. The van der Waals surface area contributed by atoms with Gasteiger partial charge < -0.3 is 33.5 Å². The van der Waals surface area contributed by atoms with Crippen molar-refractivity contribution >= 4 is 28.7 Å². The Labute approximate surface area is 306 Å². The summed E-state index contributed by atoms with van der Waals surface area (Å²) in [5.41, 5.74) is 7.06. The predicted octanol–water partition coefficient (Wildman–Crippen LogP) is 10.4. The number of benzene rings is 5. The smallest absolute Gasteiger partial charge is 0.338 e. The number of rotatable bonds is 12. The van der Waals surface area contributed by atoms with Crippen molar-refractivity contribution < 1.29 is 28.5 Å². The van der Waals surface area contributed by atoms with Gasteiger partial charge in [0.2, 0.25) is 0 Å². The molecule has 1 saturated heterocycles. The lowest BCUT2D eigenvalue weighted by Crippen LogP contribution is -2.29. The van der Waals surface area contributed by atoms with Crippen molar-refractivity contribution in [2.24, 2.45) is 0 Å². The zero-order chi connectivity index (χ0) is 36.0. The Kier molecular flexibility index (Phi) is 10.5. The van der Waals surface area contributed by atoms with E-state index in [0.29, 0.717) is 23.7 Å². The van der Waals surface area contributed by atoms with Crippen LogP contribution in [0.4, 0.5) is 22.7 Å². The van der Waals surface area contributed by atoms with E-state index in [1.54, 1.807) is 21.3 Å². The zero-order valence-electron chi connectivity index (χ0n) is 30.4. The van der Waals surface area contributed by atoms with Crippen LogP contribution in [0.5, 0.6) is 28.7 Å². The van der Waals surface area contributed by atoms with Gasteiger partial charge in [-0.2, -0.15) is 0 Å². The Bertz CT molecular complexity index is 1960. The molecular weight excluding hydrogens is 652 g/mol. The lowest BCUT2D eigenvalue weighted by Gasteiger charge is -2.34. The summed E-state index contributed by atoms with van der Waals surface area (Å²) in [6.07, 6.45) is 5.36. The molecule has 0 amide bonds. The van der Waals surface area contributed by atoms with E-state index in [1.165, 1.54) is 19.3 Å². The van der Waals surface area contributed by atoms with Gasteiger partial charge in [-0.3, -0.25) is 0 Å². The predicted molar refractivity (Wildman–Crippen MR) is 206 cm³/mol. The second kappa shape index (κ2) is 15.7. The number of carbonyl (C=O) groups is 1. The monoisotopic (exact) mass is 698 g/mol. The largest absolute Gasteiger partial charge is 0.497 e. The Morgan fingerprint density at radius 1 is 0.731 bits per heavy atom. The first-order valence-electron chi connectivity index (χ1n) is 18.2. The van der Waals surface area contributed by atoms with Gasteiger partial charge in [0.1, 0.15) is 28.7 Å². The molecule has 0 radical (unpaired) electrons. The maximum absolute atomic E-state index is 13.7. The van der Waals surface area contributed by atoms with Gasteiger partial charge in [-0.25, -0.2) is 4.79 Å². The molecule has 268 valence electrons. The first kappa shape index (κ1) is 34.8. The maximum Gasteiger partial charge on any atom is 0.338 e. The molecule has 0 spiro atoms. The maximum atomic E-state index is 13.7. The zero-order valence-corrected chi connectivity index (χ0v) is 30.4. The lowest BCUT2D eigenvalue weighted by atomic mass is 9.80. The number of ether oxygens (including phenoxy) is 5. The van der Waals surface area contributed by atoms with Crippen LogP contribution in [0.15, 0.2) is 103 Å². The van der Waals surface area contributed by atoms with E-state index in [1.807, 2.05) is 78.9 Å². The van der Waals surface area contributed by atoms with E-state index in [2.05, 4.69) is 41.0 Å². The van der Waals surface area contributed by atoms with Crippen LogP contribution < -0.4 is 28.7 Å². The fourth-order valence-electron chi connectivity index (χ4n) is 7.25. The Morgan fingerprint density at radius 2 is 1.38 bits per heavy atom. The summed E-state index contributed by atoms with van der Waals surface area (Å²) in [6.45, 7) is 4.51. The topological polar surface area (TPSA) is 69.7 Å². The molecule has 8 heteroatoms.